The van der Waals surface area contributed by atoms with Crippen molar-refractivity contribution in [2.24, 2.45) is 0 Å². The van der Waals surface area contributed by atoms with Crippen molar-refractivity contribution in [1.29, 1.82) is 0 Å². The van der Waals surface area contributed by atoms with Crippen LogP contribution in [-0.4, -0.2) is 15.8 Å². The number of benzene rings is 1. The van der Waals surface area contributed by atoms with Crippen LogP contribution in [0, 0.1) is 6.92 Å². The summed E-state index contributed by atoms with van der Waals surface area (Å²) in [4.78, 5) is 20.3. The largest absolute Gasteiger partial charge is 0.287 e. The average Bonchev–Trinajstić information content (AvgIpc) is 2.39. The van der Waals surface area contributed by atoms with Gasteiger partial charge in [-0.2, -0.15) is 0 Å². The molecule has 2 rings (SSSR count). The predicted octanol–water partition coefficient (Wildman–Crippen LogP) is 2.97. The summed E-state index contributed by atoms with van der Waals surface area (Å²) in [7, 11) is 0. The Morgan fingerprint density at radius 1 is 1.17 bits per heavy atom. The summed E-state index contributed by atoms with van der Waals surface area (Å²) in [5, 5.41) is 0. The molecule has 0 bridgehead atoms. The van der Waals surface area contributed by atoms with Crippen LogP contribution in [0.5, 0.6) is 0 Å². The lowest BCUT2D eigenvalue weighted by atomic mass is 10.0. The molecule has 0 unspecified atom stereocenters. The number of ketones is 1. The SMILES string of the molecule is CCCc1ccc(C(=O)c2ccnc(C)n2)cc1. The van der Waals surface area contributed by atoms with Gasteiger partial charge in [0.25, 0.3) is 0 Å². The first-order valence-electron chi connectivity index (χ1n) is 6.14. The van der Waals surface area contributed by atoms with E-state index in [0.717, 1.165) is 12.8 Å². The summed E-state index contributed by atoms with van der Waals surface area (Å²) in [5.74, 6) is 0.562. The number of hydrogen-bond donors (Lipinski definition) is 0. The molecular formula is C15H16N2O. The normalized spacial score (nSPS) is 10.3. The summed E-state index contributed by atoms with van der Waals surface area (Å²) in [6.07, 6.45) is 3.76. The summed E-state index contributed by atoms with van der Waals surface area (Å²) < 4.78 is 0. The minimum Gasteiger partial charge on any atom is -0.287 e. The smallest absolute Gasteiger partial charge is 0.211 e. The standard InChI is InChI=1S/C15H16N2O/c1-3-4-12-5-7-13(8-6-12)15(18)14-9-10-16-11(2)17-14/h5-10H,3-4H2,1-2H3. The quantitative estimate of drug-likeness (QED) is 0.772. The zero-order chi connectivity index (χ0) is 13.0. The van der Waals surface area contributed by atoms with Crippen LogP contribution in [0.4, 0.5) is 0 Å². The van der Waals surface area contributed by atoms with E-state index in [4.69, 9.17) is 0 Å². The number of aromatic nitrogens is 2. The van der Waals surface area contributed by atoms with Crippen LogP contribution in [-0.2, 0) is 6.42 Å². The molecule has 0 aliphatic rings. The van der Waals surface area contributed by atoms with Crippen LogP contribution >= 0.6 is 0 Å². The Kier molecular flexibility index (Phi) is 3.82. The Bertz CT molecular complexity index is 547. The zero-order valence-electron chi connectivity index (χ0n) is 10.7. The van der Waals surface area contributed by atoms with Gasteiger partial charge in [0, 0.05) is 11.8 Å². The van der Waals surface area contributed by atoms with Crippen molar-refractivity contribution in [1.82, 2.24) is 9.97 Å². The molecular weight excluding hydrogens is 224 g/mol. The number of rotatable bonds is 4. The highest BCUT2D eigenvalue weighted by Crippen LogP contribution is 2.10. The van der Waals surface area contributed by atoms with Crippen molar-refractivity contribution in [3.8, 4) is 0 Å². The van der Waals surface area contributed by atoms with Gasteiger partial charge in [-0.3, -0.25) is 4.79 Å². The van der Waals surface area contributed by atoms with Gasteiger partial charge in [0.1, 0.15) is 11.5 Å². The highest BCUT2D eigenvalue weighted by atomic mass is 16.1. The summed E-state index contributed by atoms with van der Waals surface area (Å²) >= 11 is 0. The van der Waals surface area contributed by atoms with Crippen molar-refractivity contribution in [2.75, 3.05) is 0 Å². The van der Waals surface area contributed by atoms with Crippen molar-refractivity contribution in [2.45, 2.75) is 26.7 Å². The Morgan fingerprint density at radius 3 is 2.50 bits per heavy atom. The van der Waals surface area contributed by atoms with Crippen LogP contribution in [0.3, 0.4) is 0 Å². The third kappa shape index (κ3) is 2.80. The van der Waals surface area contributed by atoms with E-state index in [9.17, 15) is 4.79 Å². The number of aryl methyl sites for hydroxylation is 2. The Labute approximate surface area is 107 Å². The third-order valence-corrected chi connectivity index (χ3v) is 2.76. The molecule has 0 spiro atoms. The number of nitrogens with zero attached hydrogens (tertiary/aromatic N) is 2. The van der Waals surface area contributed by atoms with E-state index in [2.05, 4.69) is 16.9 Å². The van der Waals surface area contributed by atoms with Gasteiger partial charge < -0.3 is 0 Å². The van der Waals surface area contributed by atoms with Crippen LogP contribution in [0.15, 0.2) is 36.5 Å². The molecule has 92 valence electrons. The summed E-state index contributed by atoms with van der Waals surface area (Å²) in [5.41, 5.74) is 2.38. The van der Waals surface area contributed by atoms with Gasteiger partial charge in [0.15, 0.2) is 0 Å². The molecule has 0 atom stereocenters. The molecule has 3 heteroatoms. The Hall–Kier alpha value is -2.03. The van der Waals surface area contributed by atoms with Gasteiger partial charge in [-0.1, -0.05) is 37.6 Å². The average molecular weight is 240 g/mol. The molecule has 0 fully saturated rings. The highest BCUT2D eigenvalue weighted by Gasteiger charge is 2.10. The third-order valence-electron chi connectivity index (χ3n) is 2.76. The van der Waals surface area contributed by atoms with Gasteiger partial charge in [0.05, 0.1) is 0 Å². The van der Waals surface area contributed by atoms with Crippen LogP contribution < -0.4 is 0 Å². The molecule has 18 heavy (non-hydrogen) atoms. The summed E-state index contributed by atoms with van der Waals surface area (Å²) in [6.45, 7) is 3.92. The van der Waals surface area contributed by atoms with Crippen molar-refractivity contribution >= 4 is 5.78 Å². The molecule has 2 aromatic rings. The molecule has 1 heterocycles. The predicted molar refractivity (Wildman–Crippen MR) is 70.6 cm³/mol. The van der Waals surface area contributed by atoms with Crippen LogP contribution in [0.2, 0.25) is 0 Å². The molecule has 0 aliphatic heterocycles. The number of carbonyl (C=O) groups is 1. The minimum absolute atomic E-state index is 0.0523. The van der Waals surface area contributed by atoms with Crippen molar-refractivity contribution < 1.29 is 4.79 Å². The molecule has 3 nitrogen and oxygen atoms in total. The first-order valence-corrected chi connectivity index (χ1v) is 6.14. The van der Waals surface area contributed by atoms with Crippen molar-refractivity contribution in [3.05, 3.63) is 59.2 Å². The molecule has 0 radical (unpaired) electrons. The molecule has 1 aromatic heterocycles. The number of carbonyl (C=O) groups excluding carboxylic acids is 1. The van der Waals surface area contributed by atoms with E-state index in [0.29, 0.717) is 17.1 Å². The van der Waals surface area contributed by atoms with Gasteiger partial charge in [-0.05, 0) is 25.0 Å². The fourth-order valence-electron chi connectivity index (χ4n) is 1.84. The van der Waals surface area contributed by atoms with Crippen LogP contribution in [0.25, 0.3) is 0 Å². The van der Waals surface area contributed by atoms with E-state index >= 15 is 0 Å². The molecule has 0 amide bonds. The van der Waals surface area contributed by atoms with E-state index in [1.54, 1.807) is 19.2 Å². The molecule has 0 saturated carbocycles. The fourth-order valence-corrected chi connectivity index (χ4v) is 1.84. The highest BCUT2D eigenvalue weighted by molar-refractivity contribution is 6.07. The lowest BCUT2D eigenvalue weighted by molar-refractivity contribution is 0.103. The maximum Gasteiger partial charge on any atom is 0.211 e. The lowest BCUT2D eigenvalue weighted by Crippen LogP contribution is -2.05. The van der Waals surface area contributed by atoms with Crippen molar-refractivity contribution in [3.63, 3.8) is 0 Å². The molecule has 0 N–H and O–H groups in total. The fraction of sp³-hybridized carbons (Fsp3) is 0.267. The minimum atomic E-state index is -0.0523. The maximum atomic E-state index is 12.2. The van der Waals surface area contributed by atoms with Gasteiger partial charge in [0.2, 0.25) is 5.78 Å². The second kappa shape index (κ2) is 5.54. The molecule has 0 aliphatic carbocycles. The topological polar surface area (TPSA) is 42.9 Å². The summed E-state index contributed by atoms with van der Waals surface area (Å²) in [6, 6.07) is 9.39. The van der Waals surface area contributed by atoms with E-state index < -0.39 is 0 Å². The van der Waals surface area contributed by atoms with Gasteiger partial charge in [-0.15, -0.1) is 0 Å². The maximum absolute atomic E-state index is 12.2. The van der Waals surface area contributed by atoms with Crippen LogP contribution in [0.1, 0.15) is 40.8 Å². The number of hydrogen-bond acceptors (Lipinski definition) is 3. The second-order valence-electron chi connectivity index (χ2n) is 4.27. The Morgan fingerprint density at radius 2 is 1.89 bits per heavy atom. The van der Waals surface area contributed by atoms with E-state index in [1.165, 1.54) is 5.56 Å². The second-order valence-corrected chi connectivity index (χ2v) is 4.27. The first-order chi connectivity index (χ1) is 8.70. The first kappa shape index (κ1) is 12.4. The molecule has 1 aromatic carbocycles. The Balaban J connectivity index is 2.23. The molecule has 0 saturated heterocycles. The van der Waals surface area contributed by atoms with Gasteiger partial charge >= 0.3 is 0 Å². The van der Waals surface area contributed by atoms with E-state index in [1.807, 2.05) is 24.3 Å². The van der Waals surface area contributed by atoms with E-state index in [-0.39, 0.29) is 5.78 Å². The van der Waals surface area contributed by atoms with Gasteiger partial charge in [-0.25, -0.2) is 9.97 Å². The zero-order valence-corrected chi connectivity index (χ0v) is 10.7. The lowest BCUT2D eigenvalue weighted by Gasteiger charge is -2.03. The monoisotopic (exact) mass is 240 g/mol.